The molecule has 7 heteroatoms. The van der Waals surface area contributed by atoms with E-state index in [-0.39, 0.29) is 14.5 Å². The molecule has 1 fully saturated rings. The topological polar surface area (TPSA) is 51.1 Å². The van der Waals surface area contributed by atoms with Crippen molar-refractivity contribution in [3.05, 3.63) is 35.4 Å². The summed E-state index contributed by atoms with van der Waals surface area (Å²) in [5.74, 6) is 0.966. The van der Waals surface area contributed by atoms with Crippen LogP contribution in [0, 0.1) is 0 Å². The van der Waals surface area contributed by atoms with Crippen LogP contribution >= 0.6 is 11.6 Å². The number of fused-ring (bicyclic) bond motifs is 1. The van der Waals surface area contributed by atoms with Crippen LogP contribution in [-0.4, -0.2) is 56.2 Å². The number of rotatable bonds is 2. The van der Waals surface area contributed by atoms with Gasteiger partial charge in [0.1, 0.15) is 0 Å². The molecule has 5 nitrogen and oxygen atoms in total. The molecule has 0 atom stereocenters. The predicted octanol–water partition coefficient (Wildman–Crippen LogP) is 2.24. The molecule has 22 heavy (non-hydrogen) atoms. The number of hydrogen-bond donors (Lipinski definition) is 0. The van der Waals surface area contributed by atoms with E-state index in [9.17, 15) is 0 Å². The van der Waals surface area contributed by atoms with Gasteiger partial charge in [0.05, 0.1) is 0 Å². The molecule has 3 aromatic rings. The third-order valence-electron chi connectivity index (χ3n) is 3.65. The third kappa shape index (κ3) is 2.63. The van der Waals surface area contributed by atoms with E-state index >= 15 is 0 Å². The number of hydrogen-bond acceptors (Lipinski definition) is 5. The number of benzene rings is 1. The Balaban J connectivity index is 1.78. The Kier molecular flexibility index (Phi) is 3.84. The van der Waals surface area contributed by atoms with Crippen molar-refractivity contribution in [1.29, 1.82) is 0 Å². The molecule has 0 radical (unpaired) electrons. The normalized spacial score (nSPS) is 15.4. The van der Waals surface area contributed by atoms with E-state index in [1.54, 1.807) is 0 Å². The summed E-state index contributed by atoms with van der Waals surface area (Å²) < 4.78 is 7.92. The molecule has 0 bridgehead atoms. The molecular weight excluding hydrogens is 367 g/mol. The minimum atomic E-state index is 0.180. The maximum absolute atomic E-state index is 5.97. The fraction of sp³-hybridized carbons (Fsp3) is 0.267. The Bertz CT molecular complexity index is 799. The molecule has 0 saturated carbocycles. The molecule has 3 heterocycles. The van der Waals surface area contributed by atoms with Crippen LogP contribution in [0.25, 0.3) is 19.8 Å². The molecule has 1 saturated heterocycles. The van der Waals surface area contributed by atoms with Crippen molar-refractivity contribution < 1.29 is 4.74 Å². The molecule has 4 rings (SSSR count). The summed E-state index contributed by atoms with van der Waals surface area (Å²) in [6.07, 6.45) is 0. The summed E-state index contributed by atoms with van der Waals surface area (Å²) in [7, 11) is 0. The first-order valence-electron chi connectivity index (χ1n) is 7.03. The molecule has 0 N–H and O–H groups in total. The van der Waals surface area contributed by atoms with Crippen LogP contribution in [0.2, 0.25) is 5.02 Å². The number of nitrogens with zero attached hydrogens (tertiary/aromatic N) is 4. The fourth-order valence-electron chi connectivity index (χ4n) is 2.51. The number of anilines is 1. The Morgan fingerprint density at radius 1 is 1.09 bits per heavy atom. The van der Waals surface area contributed by atoms with E-state index in [1.807, 2.05) is 12.1 Å². The van der Waals surface area contributed by atoms with Gasteiger partial charge < -0.3 is 0 Å². The van der Waals surface area contributed by atoms with Gasteiger partial charge in [0.15, 0.2) is 0 Å². The number of halogens is 1. The first-order chi connectivity index (χ1) is 10.8. The second kappa shape index (κ2) is 5.97. The Morgan fingerprint density at radius 2 is 1.86 bits per heavy atom. The van der Waals surface area contributed by atoms with E-state index in [4.69, 9.17) is 16.3 Å². The van der Waals surface area contributed by atoms with Gasteiger partial charge in [-0.1, -0.05) is 0 Å². The van der Waals surface area contributed by atoms with Crippen molar-refractivity contribution in [3.8, 4) is 10.0 Å². The third-order valence-corrected chi connectivity index (χ3v) is 6.35. The Morgan fingerprint density at radius 3 is 2.64 bits per heavy atom. The summed E-state index contributed by atoms with van der Waals surface area (Å²) in [5, 5.41) is 13.2. The predicted molar refractivity (Wildman–Crippen MR) is 87.8 cm³/mol. The van der Waals surface area contributed by atoms with Crippen molar-refractivity contribution in [1.82, 2.24) is 15.4 Å². The van der Waals surface area contributed by atoms with E-state index in [0.717, 1.165) is 42.7 Å². The zero-order chi connectivity index (χ0) is 14.9. The summed E-state index contributed by atoms with van der Waals surface area (Å²) in [4.78, 5) is 2.25. The second-order valence-electron chi connectivity index (χ2n) is 5.04. The minimum absolute atomic E-state index is 0.180. The maximum atomic E-state index is 5.97. The standard InChI is InChI=1S/C15H13ClN4OSe/c16-11-3-1-10(2-4-11)13-9-12-14(22-13)15(18-19-17-12)20-5-7-21-8-6-20/h1-4,9H,5-8H2. The molecule has 1 aromatic carbocycles. The van der Waals surface area contributed by atoms with Gasteiger partial charge >= 0.3 is 138 Å². The molecule has 1 aliphatic heterocycles. The van der Waals surface area contributed by atoms with Crippen LogP contribution in [0.15, 0.2) is 30.3 Å². The average molecular weight is 380 g/mol. The Hall–Kier alpha value is -1.46. The van der Waals surface area contributed by atoms with Gasteiger partial charge in [-0.2, -0.15) is 0 Å². The molecule has 1 aliphatic rings. The second-order valence-corrected chi connectivity index (χ2v) is 7.69. The van der Waals surface area contributed by atoms with E-state index in [1.165, 1.54) is 14.3 Å². The summed E-state index contributed by atoms with van der Waals surface area (Å²) >= 11 is 6.15. The zero-order valence-electron chi connectivity index (χ0n) is 11.7. The number of ether oxygens (including phenoxy) is 1. The van der Waals surface area contributed by atoms with Crippen LogP contribution in [0.1, 0.15) is 0 Å². The van der Waals surface area contributed by atoms with Crippen molar-refractivity contribution in [2.45, 2.75) is 0 Å². The van der Waals surface area contributed by atoms with Gasteiger partial charge in [-0.15, -0.1) is 0 Å². The van der Waals surface area contributed by atoms with Crippen LogP contribution in [0.5, 0.6) is 0 Å². The van der Waals surface area contributed by atoms with Gasteiger partial charge in [-0.25, -0.2) is 0 Å². The van der Waals surface area contributed by atoms with Crippen LogP contribution < -0.4 is 4.90 Å². The van der Waals surface area contributed by atoms with Gasteiger partial charge in [0.25, 0.3) is 0 Å². The van der Waals surface area contributed by atoms with Crippen molar-refractivity contribution in [3.63, 3.8) is 0 Å². The molecule has 0 unspecified atom stereocenters. The van der Waals surface area contributed by atoms with E-state index < -0.39 is 0 Å². The first kappa shape index (κ1) is 14.2. The van der Waals surface area contributed by atoms with E-state index in [2.05, 4.69) is 38.5 Å². The van der Waals surface area contributed by atoms with Crippen LogP contribution in [-0.2, 0) is 4.74 Å². The molecular formula is C15H13ClN4OSe. The van der Waals surface area contributed by atoms with Crippen molar-refractivity contribution in [2.75, 3.05) is 31.2 Å². The summed E-state index contributed by atoms with van der Waals surface area (Å²) in [6.45, 7) is 3.20. The zero-order valence-corrected chi connectivity index (χ0v) is 14.2. The molecule has 0 aliphatic carbocycles. The van der Waals surface area contributed by atoms with Crippen LogP contribution in [0.4, 0.5) is 5.82 Å². The van der Waals surface area contributed by atoms with Crippen LogP contribution in [0.3, 0.4) is 0 Å². The summed E-state index contributed by atoms with van der Waals surface area (Å²) in [6, 6.07) is 10.1. The SMILES string of the molecule is Clc1ccc(-c2cc3nnnc(N4CCOCC4)c3[se]2)cc1. The molecule has 0 amide bonds. The van der Waals surface area contributed by atoms with E-state index in [0.29, 0.717) is 0 Å². The fourth-order valence-corrected chi connectivity index (χ4v) is 4.97. The van der Waals surface area contributed by atoms with Gasteiger partial charge in [0.2, 0.25) is 0 Å². The number of aromatic nitrogens is 3. The first-order valence-corrected chi connectivity index (χ1v) is 9.12. The molecule has 2 aromatic heterocycles. The Labute approximate surface area is 138 Å². The molecule has 0 spiro atoms. The van der Waals surface area contributed by atoms with Gasteiger partial charge in [0, 0.05) is 0 Å². The summed E-state index contributed by atoms with van der Waals surface area (Å²) in [5.41, 5.74) is 2.14. The van der Waals surface area contributed by atoms with Gasteiger partial charge in [-0.3, -0.25) is 0 Å². The van der Waals surface area contributed by atoms with Crippen molar-refractivity contribution in [2.24, 2.45) is 0 Å². The average Bonchev–Trinajstić information content (AvgIpc) is 3.00. The quantitative estimate of drug-likeness (QED) is 0.639. The van der Waals surface area contributed by atoms with Crippen molar-refractivity contribution >= 4 is 41.7 Å². The van der Waals surface area contributed by atoms with Gasteiger partial charge in [-0.05, 0) is 0 Å². The molecule has 112 valence electrons. The monoisotopic (exact) mass is 380 g/mol. The number of morpholine rings is 1.